The smallest absolute Gasteiger partial charge is 0.0599 e. The largest absolute Gasteiger partial charge is 0.395 e. The van der Waals surface area contributed by atoms with E-state index in [9.17, 15) is 0 Å². The van der Waals surface area contributed by atoms with E-state index >= 15 is 0 Å². The van der Waals surface area contributed by atoms with Crippen LogP contribution >= 0.6 is 0 Å². The van der Waals surface area contributed by atoms with E-state index in [4.69, 9.17) is 5.11 Å². The summed E-state index contributed by atoms with van der Waals surface area (Å²) in [6, 6.07) is 11.3. The van der Waals surface area contributed by atoms with Crippen LogP contribution in [0.5, 0.6) is 0 Å². The van der Waals surface area contributed by atoms with Gasteiger partial charge in [0.25, 0.3) is 0 Å². The van der Waals surface area contributed by atoms with Crippen molar-refractivity contribution in [2.75, 3.05) is 13.2 Å². The van der Waals surface area contributed by atoms with Crippen molar-refractivity contribution in [3.63, 3.8) is 0 Å². The molecule has 1 N–H and O–H groups in total. The fourth-order valence-electron chi connectivity index (χ4n) is 1.76. The van der Waals surface area contributed by atoms with Crippen molar-refractivity contribution in [2.45, 2.75) is 19.0 Å². The number of rotatable bonds is 3. The Morgan fingerprint density at radius 3 is 2.69 bits per heavy atom. The van der Waals surface area contributed by atoms with Gasteiger partial charge in [-0.25, -0.2) is 0 Å². The maximum atomic E-state index is 8.93. The molecular weight excluding hydrogens is 162 g/mol. The van der Waals surface area contributed by atoms with E-state index in [2.05, 4.69) is 36.1 Å². The van der Waals surface area contributed by atoms with Gasteiger partial charge in [0.1, 0.15) is 0 Å². The highest BCUT2D eigenvalue weighted by Gasteiger charge is 2.37. The molecule has 0 aromatic heterocycles. The summed E-state index contributed by atoms with van der Waals surface area (Å²) in [5.74, 6) is 0. The van der Waals surface area contributed by atoms with Gasteiger partial charge in [-0.1, -0.05) is 30.3 Å². The van der Waals surface area contributed by atoms with E-state index in [-0.39, 0.29) is 6.61 Å². The van der Waals surface area contributed by atoms with Gasteiger partial charge in [0.15, 0.2) is 0 Å². The van der Waals surface area contributed by atoms with Crippen molar-refractivity contribution in [3.05, 3.63) is 35.9 Å². The number of hydrogen-bond acceptors (Lipinski definition) is 2. The van der Waals surface area contributed by atoms with Crippen LogP contribution in [0.1, 0.15) is 18.5 Å². The Hall–Kier alpha value is -0.860. The standard InChI is InChI=1S/C11H15NO/c1-9(12-7-11(12)8-13)10-5-3-2-4-6-10/h2-6,9,11,13H,7-8H2,1H3/t9-,11?,12?/m1/s1. The average molecular weight is 177 g/mol. The molecule has 3 atom stereocenters. The first-order chi connectivity index (χ1) is 6.33. The van der Waals surface area contributed by atoms with Gasteiger partial charge in [-0.15, -0.1) is 0 Å². The van der Waals surface area contributed by atoms with Gasteiger partial charge in [-0.3, -0.25) is 4.90 Å². The lowest BCUT2D eigenvalue weighted by atomic mass is 10.1. The molecular formula is C11H15NO. The van der Waals surface area contributed by atoms with Gasteiger partial charge in [0, 0.05) is 18.6 Å². The Morgan fingerprint density at radius 1 is 1.46 bits per heavy atom. The third-order valence-electron chi connectivity index (χ3n) is 2.75. The number of aliphatic hydroxyl groups excluding tert-OH is 1. The molecule has 1 aromatic carbocycles. The van der Waals surface area contributed by atoms with Crippen LogP contribution in [0, 0.1) is 0 Å². The summed E-state index contributed by atoms with van der Waals surface area (Å²) in [7, 11) is 0. The molecule has 0 radical (unpaired) electrons. The van der Waals surface area contributed by atoms with Crippen LogP contribution in [-0.4, -0.2) is 29.2 Å². The summed E-state index contributed by atoms with van der Waals surface area (Å²) < 4.78 is 0. The Morgan fingerprint density at radius 2 is 2.15 bits per heavy atom. The van der Waals surface area contributed by atoms with E-state index in [1.807, 2.05) is 6.07 Å². The average Bonchev–Trinajstić information content (AvgIpc) is 2.97. The van der Waals surface area contributed by atoms with E-state index in [0.717, 1.165) is 6.54 Å². The van der Waals surface area contributed by atoms with E-state index in [1.54, 1.807) is 0 Å². The summed E-state index contributed by atoms with van der Waals surface area (Å²) in [5, 5.41) is 8.93. The number of aliphatic hydroxyl groups is 1. The van der Waals surface area contributed by atoms with Gasteiger partial charge >= 0.3 is 0 Å². The zero-order valence-corrected chi connectivity index (χ0v) is 7.85. The molecule has 1 saturated heterocycles. The van der Waals surface area contributed by atoms with Crippen LogP contribution in [0.15, 0.2) is 30.3 Å². The molecule has 13 heavy (non-hydrogen) atoms. The third kappa shape index (κ3) is 1.74. The first kappa shape index (κ1) is 8.73. The summed E-state index contributed by atoms with van der Waals surface area (Å²) >= 11 is 0. The molecule has 1 fully saturated rings. The number of hydrogen-bond donors (Lipinski definition) is 1. The molecule has 0 bridgehead atoms. The van der Waals surface area contributed by atoms with Crippen molar-refractivity contribution >= 4 is 0 Å². The molecule has 2 rings (SSSR count). The fraction of sp³-hybridized carbons (Fsp3) is 0.455. The van der Waals surface area contributed by atoms with Crippen molar-refractivity contribution in [3.8, 4) is 0 Å². The van der Waals surface area contributed by atoms with Gasteiger partial charge in [-0.2, -0.15) is 0 Å². The van der Waals surface area contributed by atoms with Gasteiger partial charge < -0.3 is 5.11 Å². The molecule has 1 aliphatic heterocycles. The maximum absolute atomic E-state index is 8.93. The summed E-state index contributed by atoms with van der Waals surface area (Å²) in [4.78, 5) is 2.30. The summed E-state index contributed by atoms with van der Waals surface area (Å²) in [5.41, 5.74) is 1.33. The molecule has 0 aliphatic carbocycles. The molecule has 0 saturated carbocycles. The predicted octanol–water partition coefficient (Wildman–Crippen LogP) is 1.42. The predicted molar refractivity (Wildman–Crippen MR) is 52.4 cm³/mol. The Kier molecular flexibility index (Phi) is 2.34. The second-order valence-corrected chi connectivity index (χ2v) is 3.62. The van der Waals surface area contributed by atoms with Crippen LogP contribution in [0.2, 0.25) is 0 Å². The zero-order chi connectivity index (χ0) is 9.26. The van der Waals surface area contributed by atoms with Crippen LogP contribution < -0.4 is 0 Å². The van der Waals surface area contributed by atoms with Crippen LogP contribution in [0.25, 0.3) is 0 Å². The van der Waals surface area contributed by atoms with Crippen molar-refractivity contribution in [2.24, 2.45) is 0 Å². The molecule has 70 valence electrons. The van der Waals surface area contributed by atoms with Crippen molar-refractivity contribution in [1.82, 2.24) is 4.90 Å². The lowest BCUT2D eigenvalue weighted by molar-refractivity contribution is 0.259. The molecule has 2 nitrogen and oxygen atoms in total. The minimum absolute atomic E-state index is 0.289. The first-order valence-electron chi connectivity index (χ1n) is 4.74. The molecule has 0 spiro atoms. The highest BCUT2D eigenvalue weighted by Crippen LogP contribution is 2.30. The topological polar surface area (TPSA) is 23.2 Å². The van der Waals surface area contributed by atoms with Crippen molar-refractivity contribution in [1.29, 1.82) is 0 Å². The third-order valence-corrected chi connectivity index (χ3v) is 2.75. The molecule has 1 aliphatic rings. The molecule has 2 heteroatoms. The van der Waals surface area contributed by atoms with Crippen molar-refractivity contribution < 1.29 is 5.11 Å². The minimum atomic E-state index is 0.289. The van der Waals surface area contributed by atoms with Crippen LogP contribution in [-0.2, 0) is 0 Å². The monoisotopic (exact) mass is 177 g/mol. The van der Waals surface area contributed by atoms with E-state index in [1.165, 1.54) is 5.56 Å². The highest BCUT2D eigenvalue weighted by atomic mass is 16.3. The van der Waals surface area contributed by atoms with E-state index < -0.39 is 0 Å². The number of benzene rings is 1. The van der Waals surface area contributed by atoms with E-state index in [0.29, 0.717) is 12.1 Å². The molecule has 1 heterocycles. The zero-order valence-electron chi connectivity index (χ0n) is 7.85. The SMILES string of the molecule is C[C@H](c1ccccc1)N1CC1CO. The minimum Gasteiger partial charge on any atom is -0.395 e. The Labute approximate surface area is 78.8 Å². The van der Waals surface area contributed by atoms with Crippen LogP contribution in [0.4, 0.5) is 0 Å². The van der Waals surface area contributed by atoms with Gasteiger partial charge in [0.05, 0.1) is 6.61 Å². The second-order valence-electron chi connectivity index (χ2n) is 3.62. The normalized spacial score (nSPS) is 28.5. The lowest BCUT2D eigenvalue weighted by Gasteiger charge is -2.13. The molecule has 0 amide bonds. The van der Waals surface area contributed by atoms with Gasteiger partial charge in [0.2, 0.25) is 0 Å². The quantitative estimate of drug-likeness (QED) is 0.706. The highest BCUT2D eigenvalue weighted by molar-refractivity contribution is 5.20. The fourth-order valence-corrected chi connectivity index (χ4v) is 1.76. The van der Waals surface area contributed by atoms with Gasteiger partial charge in [-0.05, 0) is 12.5 Å². The molecule has 2 unspecified atom stereocenters. The maximum Gasteiger partial charge on any atom is 0.0599 e. The summed E-state index contributed by atoms with van der Waals surface area (Å²) in [6.07, 6.45) is 0. The Balaban J connectivity index is 2.03. The lowest BCUT2D eigenvalue weighted by Crippen LogP contribution is -2.10. The molecule has 1 aromatic rings. The summed E-state index contributed by atoms with van der Waals surface area (Å²) in [6.45, 7) is 3.51. The Bertz CT molecular complexity index is 273. The van der Waals surface area contributed by atoms with Crippen LogP contribution in [0.3, 0.4) is 0 Å². The number of nitrogens with zero attached hydrogens (tertiary/aromatic N) is 1. The first-order valence-corrected chi connectivity index (χ1v) is 4.74. The second kappa shape index (κ2) is 3.48.